The fourth-order valence-electron chi connectivity index (χ4n) is 11.7. The summed E-state index contributed by atoms with van der Waals surface area (Å²) >= 11 is 0. The molecule has 0 radical (unpaired) electrons. The van der Waals surface area contributed by atoms with Crippen LogP contribution in [0.3, 0.4) is 0 Å². The largest absolute Gasteiger partial charge is 0.489 e. The molecule has 6 N–H and O–H groups in total. The van der Waals surface area contributed by atoms with E-state index in [9.17, 15) is 37.6 Å². The molecule has 1 saturated carbocycles. The highest BCUT2D eigenvalue weighted by Crippen LogP contribution is 2.48. The van der Waals surface area contributed by atoms with Gasteiger partial charge in [-0.3, -0.25) is 19.8 Å². The highest BCUT2D eigenvalue weighted by Gasteiger charge is 2.50. The first-order valence-corrected chi connectivity index (χ1v) is 25.9. The minimum Gasteiger partial charge on any atom is -0.489 e. The zero-order chi connectivity index (χ0) is 50.0. The number of likely N-dealkylation sites (tertiary alicyclic amines) is 2. The van der Waals surface area contributed by atoms with E-state index in [0.717, 1.165) is 50.2 Å². The molecule has 4 fully saturated rings. The van der Waals surface area contributed by atoms with E-state index in [1.54, 1.807) is 24.0 Å². The first-order valence-electron chi connectivity index (χ1n) is 24.4. The topological polar surface area (TPSA) is 239 Å². The number of ether oxygens (including phenoxy) is 2. The van der Waals surface area contributed by atoms with Crippen molar-refractivity contribution in [3.05, 3.63) is 106 Å². The molecule has 5 aliphatic rings. The average Bonchev–Trinajstić information content (AvgIpc) is 3.71. The summed E-state index contributed by atoms with van der Waals surface area (Å²) in [5, 5.41) is 26.2. The highest BCUT2D eigenvalue weighted by atomic mass is 32.2. The molecule has 5 aromatic rings. The lowest BCUT2D eigenvalue weighted by Gasteiger charge is -2.59. The maximum atomic E-state index is 14.7. The summed E-state index contributed by atoms with van der Waals surface area (Å²) in [6.07, 6.45) is 7.69. The molecule has 10 rings (SSSR count). The predicted molar refractivity (Wildman–Crippen MR) is 264 cm³/mol. The quantitative estimate of drug-likeness (QED) is 0.0634. The number of nitro groups is 1. The van der Waals surface area contributed by atoms with Crippen LogP contribution < -0.4 is 30.1 Å². The molecule has 1 aliphatic carbocycles. The van der Waals surface area contributed by atoms with Crippen LogP contribution in [-0.2, 0) is 10.0 Å². The van der Waals surface area contributed by atoms with Crippen molar-refractivity contribution < 1.29 is 41.9 Å². The smallest absolute Gasteiger partial charge is 0.314 e. The third-order valence-corrected chi connectivity index (χ3v) is 17.1. The molecule has 0 bridgehead atoms. The Morgan fingerprint density at radius 1 is 1.04 bits per heavy atom. The number of amides is 3. The molecule has 3 saturated heterocycles. The average molecular weight is 994 g/mol. The maximum absolute atomic E-state index is 14.7. The highest BCUT2D eigenvalue weighted by molar-refractivity contribution is 7.90. The molecule has 2 aromatic heterocycles. The first kappa shape index (κ1) is 48.1. The van der Waals surface area contributed by atoms with Gasteiger partial charge in [0.2, 0.25) is 0 Å². The van der Waals surface area contributed by atoms with Crippen molar-refractivity contribution in [1.82, 2.24) is 24.5 Å². The van der Waals surface area contributed by atoms with Crippen LogP contribution in [0.5, 0.6) is 17.2 Å². The van der Waals surface area contributed by atoms with Gasteiger partial charge in [0.25, 0.3) is 21.6 Å². The fraction of sp³-hybridized carbons (Fsp3) is 0.471. The van der Waals surface area contributed by atoms with Crippen molar-refractivity contribution in [2.75, 3.05) is 56.1 Å². The normalized spacial score (nSPS) is 24.4. The van der Waals surface area contributed by atoms with Crippen LogP contribution in [0.2, 0.25) is 0 Å². The van der Waals surface area contributed by atoms with Crippen molar-refractivity contribution in [2.24, 2.45) is 17.1 Å². The van der Waals surface area contributed by atoms with Crippen LogP contribution in [0, 0.1) is 27.3 Å². The molecular formula is C51H60FN9O9S. The Morgan fingerprint density at radius 2 is 1.79 bits per heavy atom. The van der Waals surface area contributed by atoms with Gasteiger partial charge in [-0.1, -0.05) is 38.1 Å². The second-order valence-corrected chi connectivity index (χ2v) is 22.5. The Hall–Kier alpha value is -6.51. The number of aromatic nitrogens is 2. The van der Waals surface area contributed by atoms with E-state index in [1.165, 1.54) is 35.7 Å². The Bertz CT molecular complexity index is 2990. The molecule has 3 atom stereocenters. The summed E-state index contributed by atoms with van der Waals surface area (Å²) in [6, 6.07) is 16.4. The molecule has 71 heavy (non-hydrogen) atoms. The third-order valence-electron chi connectivity index (χ3n) is 15.7. The lowest BCUT2D eigenvalue weighted by molar-refractivity contribution is -0.384. The number of anilines is 2. The molecule has 20 heteroatoms. The van der Waals surface area contributed by atoms with Crippen LogP contribution in [0.4, 0.5) is 26.2 Å². The van der Waals surface area contributed by atoms with E-state index in [4.69, 9.17) is 15.2 Å². The number of nitrogens with two attached hydrogens (primary N) is 1. The number of carbonyl (C=O) groups is 2. The summed E-state index contributed by atoms with van der Waals surface area (Å²) in [5.74, 6) is -1.05. The van der Waals surface area contributed by atoms with Gasteiger partial charge in [0.15, 0.2) is 11.4 Å². The number of pyridine rings is 1. The molecule has 3 aromatic carbocycles. The number of fused-ring (bicyclic) bond motifs is 2. The Kier molecular flexibility index (Phi) is 12.6. The van der Waals surface area contributed by atoms with Crippen molar-refractivity contribution in [3.63, 3.8) is 0 Å². The van der Waals surface area contributed by atoms with E-state index < -0.39 is 48.9 Å². The number of nitro benzene ring substituents is 1. The van der Waals surface area contributed by atoms with Crippen molar-refractivity contribution in [1.29, 1.82) is 0 Å². The molecule has 6 heterocycles. The zero-order valence-electron chi connectivity index (χ0n) is 40.0. The van der Waals surface area contributed by atoms with Crippen molar-refractivity contribution in [2.45, 2.75) is 100 Å². The number of halogens is 1. The molecule has 376 valence electrons. The number of piperidine rings is 2. The van der Waals surface area contributed by atoms with E-state index in [1.807, 2.05) is 0 Å². The SMILES string of the molecule is CC(C)c1ccccc1C1CN(C(N)=O)CCC1N1CC2(CCN(c3ccc(C(=O)NS(=O)(=O)c4cc5c(c([N+](=O)[O-])c4)N[C@@H](C4CCC(C)(O)CC4)CO5)c(Oc4cnc5[nH]cc(F)c5c4)c3)CC2)C1. The number of aliphatic hydroxyl groups is 1. The minimum absolute atomic E-state index is 0.0170. The van der Waals surface area contributed by atoms with Crippen LogP contribution in [0.1, 0.15) is 99.0 Å². The second kappa shape index (κ2) is 18.6. The monoisotopic (exact) mass is 993 g/mol. The summed E-state index contributed by atoms with van der Waals surface area (Å²) in [4.78, 5) is 51.2. The predicted octanol–water partition coefficient (Wildman–Crippen LogP) is 7.60. The molecule has 1 spiro atoms. The van der Waals surface area contributed by atoms with Crippen LogP contribution in [0.15, 0.2) is 78.0 Å². The molecule has 4 aliphatic heterocycles. The van der Waals surface area contributed by atoms with E-state index in [2.05, 4.69) is 67.9 Å². The van der Waals surface area contributed by atoms with Gasteiger partial charge in [-0.05, 0) is 98.4 Å². The summed E-state index contributed by atoms with van der Waals surface area (Å²) in [7, 11) is -4.74. The summed E-state index contributed by atoms with van der Waals surface area (Å²) < 4.78 is 57.0. The van der Waals surface area contributed by atoms with Crippen molar-refractivity contribution >= 4 is 50.1 Å². The van der Waals surface area contributed by atoms with Gasteiger partial charge in [0.1, 0.15) is 29.6 Å². The summed E-state index contributed by atoms with van der Waals surface area (Å²) in [6.45, 7) is 10.7. The standard InChI is InChI=1S/C51H60FN9O9S/c1-30(2)35-6-4-5-7-36(35)39-26-59(49(53)63)17-12-42(39)60-28-51(29-60)15-18-58(19-16-51)32-8-9-37(44(20-32)70-33-21-38-40(52)25-55-47(38)54-24-33)48(62)57-71(67,68)34-22-43(61(65)66)46-45(23-34)69-27-41(56-46)31-10-13-50(3,64)14-11-31/h4-9,20-25,30-31,39,41-42,56,64H,10-19,26-29H2,1-3H3,(H2,53,63)(H,54,55)(H,57,62)/t31?,39?,41-,42?,50?/m1/s1. The number of benzene rings is 3. The lowest BCUT2D eigenvalue weighted by Crippen LogP contribution is -2.66. The molecule has 2 unspecified atom stereocenters. The Balaban J connectivity index is 0.865. The van der Waals surface area contributed by atoms with Gasteiger partial charge in [-0.2, -0.15) is 0 Å². The molecule has 18 nitrogen and oxygen atoms in total. The zero-order valence-corrected chi connectivity index (χ0v) is 40.8. The number of primary amides is 1. The number of sulfonamides is 1. The van der Waals surface area contributed by atoms with E-state index >= 15 is 0 Å². The number of hydrogen-bond donors (Lipinski definition) is 5. The number of aromatic amines is 1. The van der Waals surface area contributed by atoms with Gasteiger partial charge < -0.3 is 40.4 Å². The lowest BCUT2D eigenvalue weighted by atomic mass is 9.69. The minimum atomic E-state index is -4.74. The van der Waals surface area contributed by atoms with Crippen molar-refractivity contribution in [3.8, 4) is 17.2 Å². The Morgan fingerprint density at radius 3 is 2.51 bits per heavy atom. The van der Waals surface area contributed by atoms with Crippen LogP contribution >= 0.6 is 0 Å². The van der Waals surface area contributed by atoms with Gasteiger partial charge in [-0.25, -0.2) is 27.3 Å². The van der Waals surface area contributed by atoms with Gasteiger partial charge in [0.05, 0.1) is 38.6 Å². The van der Waals surface area contributed by atoms with Gasteiger partial charge in [0, 0.05) is 81.3 Å². The Labute approximate surface area is 411 Å². The number of nitrogens with zero attached hydrogens (tertiary/aromatic N) is 5. The van der Waals surface area contributed by atoms with E-state index in [0.29, 0.717) is 57.8 Å². The molecular weight excluding hydrogens is 934 g/mol. The number of rotatable bonds is 11. The van der Waals surface area contributed by atoms with Crippen LogP contribution in [0.25, 0.3) is 11.0 Å². The van der Waals surface area contributed by atoms with Gasteiger partial charge in [-0.15, -0.1) is 0 Å². The maximum Gasteiger partial charge on any atom is 0.314 e. The number of carbonyl (C=O) groups excluding carboxylic acids is 2. The second-order valence-electron chi connectivity index (χ2n) is 20.8. The van der Waals surface area contributed by atoms with Gasteiger partial charge >= 0.3 is 6.03 Å². The number of nitrogens with one attached hydrogen (secondary N) is 3. The fourth-order valence-corrected chi connectivity index (χ4v) is 12.7. The summed E-state index contributed by atoms with van der Waals surface area (Å²) in [5.41, 5.74) is 8.06. The van der Waals surface area contributed by atoms with Crippen LogP contribution in [-0.4, -0.2) is 114 Å². The number of urea groups is 1. The van der Waals surface area contributed by atoms with E-state index in [-0.39, 0.29) is 75.5 Å². The number of hydrogen-bond acceptors (Lipinski definition) is 13. The number of H-pyrrole nitrogens is 1. The molecule has 3 amide bonds. The third kappa shape index (κ3) is 9.56. The first-order chi connectivity index (χ1) is 33.9.